The molecule has 1 heterocycles. The topological polar surface area (TPSA) is 23.5 Å². The molecule has 3 fully saturated rings. The van der Waals surface area contributed by atoms with Gasteiger partial charge in [0.05, 0.1) is 6.10 Å². The highest BCUT2D eigenvalue weighted by Crippen LogP contribution is 2.75. The van der Waals surface area contributed by atoms with Gasteiger partial charge in [0, 0.05) is 12.0 Å². The van der Waals surface area contributed by atoms with Crippen molar-refractivity contribution in [3.05, 3.63) is 0 Å². The minimum absolute atomic E-state index is 0.0794. The van der Waals surface area contributed by atoms with Crippen molar-refractivity contribution in [1.82, 2.24) is 4.90 Å². The summed E-state index contributed by atoms with van der Waals surface area (Å²) in [5.41, 5.74) is 0.407. The average Bonchev–Trinajstić information content (AvgIpc) is 2.97. The molecule has 3 atom stereocenters. The zero-order chi connectivity index (χ0) is 8.89. The predicted octanol–water partition coefficient (Wildman–Crippen LogP) is 1.24. The fraction of sp³-hybridized carbons (Fsp3) is 1.00. The molecule has 1 saturated heterocycles. The third kappa shape index (κ3) is 1.23. The Morgan fingerprint density at radius 3 is 2.23 bits per heavy atom. The molecule has 1 aliphatic heterocycles. The predicted molar refractivity (Wildman–Crippen MR) is 51.5 cm³/mol. The van der Waals surface area contributed by atoms with Crippen LogP contribution < -0.4 is 0 Å². The maximum atomic E-state index is 9.51. The van der Waals surface area contributed by atoms with Gasteiger partial charge < -0.3 is 10.0 Å². The summed E-state index contributed by atoms with van der Waals surface area (Å²) in [5.74, 6) is 0.704. The number of hydrogen-bond acceptors (Lipinski definition) is 2. The van der Waals surface area contributed by atoms with Crippen LogP contribution in [-0.4, -0.2) is 35.7 Å². The van der Waals surface area contributed by atoms with Crippen LogP contribution in [0.2, 0.25) is 0 Å². The minimum Gasteiger partial charge on any atom is -0.392 e. The summed E-state index contributed by atoms with van der Waals surface area (Å²) in [5, 5.41) is 9.51. The molecule has 2 aliphatic carbocycles. The number of nitrogens with zero attached hydrogens (tertiary/aromatic N) is 1. The van der Waals surface area contributed by atoms with Crippen molar-refractivity contribution in [3.63, 3.8) is 0 Å². The molecule has 0 aromatic carbocycles. The number of rotatable bonds is 2. The summed E-state index contributed by atoms with van der Waals surface area (Å²) in [6.07, 6.45) is 6.96. The summed E-state index contributed by atoms with van der Waals surface area (Å²) in [6.45, 7) is 3.75. The Balaban J connectivity index is 1.54. The monoisotopic (exact) mass is 181 g/mol. The standard InChI is InChI=1S/C11H19NO/c13-10-9-7-11(9,10)8-12-5-3-1-2-4-6-12/h9-10,13H,1-8H2. The molecule has 1 N–H and O–H groups in total. The van der Waals surface area contributed by atoms with Crippen LogP contribution in [0.5, 0.6) is 0 Å². The molecule has 0 amide bonds. The molecule has 0 bridgehead atoms. The van der Waals surface area contributed by atoms with Gasteiger partial charge in [0.25, 0.3) is 0 Å². The van der Waals surface area contributed by atoms with Crippen molar-refractivity contribution in [2.75, 3.05) is 19.6 Å². The van der Waals surface area contributed by atoms with E-state index in [2.05, 4.69) is 4.90 Å². The largest absolute Gasteiger partial charge is 0.392 e. The van der Waals surface area contributed by atoms with Crippen LogP contribution in [0.15, 0.2) is 0 Å². The molecular weight excluding hydrogens is 162 g/mol. The van der Waals surface area contributed by atoms with E-state index in [1.165, 1.54) is 51.7 Å². The van der Waals surface area contributed by atoms with Gasteiger partial charge in [-0.2, -0.15) is 0 Å². The highest BCUT2D eigenvalue weighted by molar-refractivity contribution is 5.27. The second-order valence-corrected chi connectivity index (χ2v) is 5.18. The molecule has 0 spiro atoms. The maximum Gasteiger partial charge on any atom is 0.0647 e. The smallest absolute Gasteiger partial charge is 0.0647 e. The van der Waals surface area contributed by atoms with Crippen LogP contribution >= 0.6 is 0 Å². The highest BCUT2D eigenvalue weighted by Gasteiger charge is 2.78. The van der Waals surface area contributed by atoms with E-state index in [0.717, 1.165) is 0 Å². The molecule has 0 radical (unpaired) electrons. The number of hydrogen-bond donors (Lipinski definition) is 1. The van der Waals surface area contributed by atoms with E-state index in [1.54, 1.807) is 0 Å². The molecule has 0 aromatic rings. The van der Waals surface area contributed by atoms with Crippen LogP contribution in [0, 0.1) is 11.3 Å². The van der Waals surface area contributed by atoms with Gasteiger partial charge in [-0.15, -0.1) is 0 Å². The average molecular weight is 181 g/mol. The number of fused-ring (bicyclic) bond motifs is 1. The van der Waals surface area contributed by atoms with E-state index < -0.39 is 0 Å². The van der Waals surface area contributed by atoms with E-state index >= 15 is 0 Å². The highest BCUT2D eigenvalue weighted by atomic mass is 16.3. The lowest BCUT2D eigenvalue weighted by Crippen LogP contribution is -2.30. The SMILES string of the molecule is OC1C2CC12CN1CCCCCC1. The van der Waals surface area contributed by atoms with Gasteiger partial charge in [0.1, 0.15) is 0 Å². The van der Waals surface area contributed by atoms with Crippen molar-refractivity contribution < 1.29 is 5.11 Å². The van der Waals surface area contributed by atoms with Gasteiger partial charge in [-0.05, 0) is 38.3 Å². The molecule has 3 aliphatic rings. The van der Waals surface area contributed by atoms with E-state index in [-0.39, 0.29) is 6.10 Å². The Morgan fingerprint density at radius 2 is 1.77 bits per heavy atom. The first kappa shape index (κ1) is 8.25. The molecule has 2 nitrogen and oxygen atoms in total. The zero-order valence-electron chi connectivity index (χ0n) is 8.21. The van der Waals surface area contributed by atoms with Crippen LogP contribution in [-0.2, 0) is 0 Å². The summed E-state index contributed by atoms with van der Waals surface area (Å²) in [6, 6.07) is 0. The van der Waals surface area contributed by atoms with Crippen molar-refractivity contribution in [2.24, 2.45) is 11.3 Å². The van der Waals surface area contributed by atoms with Crippen LogP contribution in [0.25, 0.3) is 0 Å². The minimum atomic E-state index is 0.0794. The summed E-state index contributed by atoms with van der Waals surface area (Å²) in [4.78, 5) is 2.59. The van der Waals surface area contributed by atoms with Gasteiger partial charge in [-0.25, -0.2) is 0 Å². The lowest BCUT2D eigenvalue weighted by atomic mass is 10.2. The Labute approximate surface area is 79.9 Å². The van der Waals surface area contributed by atoms with Crippen molar-refractivity contribution >= 4 is 0 Å². The third-order valence-electron chi connectivity index (χ3n) is 4.26. The Hall–Kier alpha value is -0.0800. The Bertz CT molecular complexity index is 204. The number of aliphatic hydroxyl groups excluding tert-OH is 1. The molecule has 2 saturated carbocycles. The van der Waals surface area contributed by atoms with Crippen LogP contribution in [0.1, 0.15) is 32.1 Å². The summed E-state index contributed by atoms with van der Waals surface area (Å²) in [7, 11) is 0. The van der Waals surface area contributed by atoms with Crippen molar-refractivity contribution in [3.8, 4) is 0 Å². The molecule has 3 unspecified atom stereocenters. The Kier molecular flexibility index (Phi) is 1.72. The molecule has 2 heteroatoms. The van der Waals surface area contributed by atoms with Crippen LogP contribution in [0.3, 0.4) is 0 Å². The second kappa shape index (κ2) is 2.71. The van der Waals surface area contributed by atoms with E-state index in [4.69, 9.17) is 0 Å². The molecule has 3 rings (SSSR count). The van der Waals surface area contributed by atoms with Gasteiger partial charge in [-0.3, -0.25) is 0 Å². The summed E-state index contributed by atoms with van der Waals surface area (Å²) >= 11 is 0. The lowest BCUT2D eigenvalue weighted by Gasteiger charge is -2.22. The molecule has 74 valence electrons. The van der Waals surface area contributed by atoms with Gasteiger partial charge in [0.2, 0.25) is 0 Å². The van der Waals surface area contributed by atoms with E-state index in [0.29, 0.717) is 11.3 Å². The zero-order valence-corrected chi connectivity index (χ0v) is 8.21. The van der Waals surface area contributed by atoms with E-state index in [1.807, 2.05) is 0 Å². The fourth-order valence-electron chi connectivity index (χ4n) is 2.96. The fourth-order valence-corrected chi connectivity index (χ4v) is 2.96. The maximum absolute atomic E-state index is 9.51. The first-order valence-corrected chi connectivity index (χ1v) is 5.73. The third-order valence-corrected chi connectivity index (χ3v) is 4.26. The van der Waals surface area contributed by atoms with E-state index in [9.17, 15) is 5.11 Å². The molecule has 13 heavy (non-hydrogen) atoms. The van der Waals surface area contributed by atoms with Gasteiger partial charge in [0.15, 0.2) is 0 Å². The van der Waals surface area contributed by atoms with Gasteiger partial charge >= 0.3 is 0 Å². The Morgan fingerprint density at radius 1 is 1.15 bits per heavy atom. The lowest BCUT2D eigenvalue weighted by molar-refractivity contribution is 0.154. The van der Waals surface area contributed by atoms with Crippen molar-refractivity contribution in [2.45, 2.75) is 38.2 Å². The normalized spacial score (nSPS) is 49.6. The number of likely N-dealkylation sites (tertiary alicyclic amines) is 1. The van der Waals surface area contributed by atoms with Gasteiger partial charge in [-0.1, -0.05) is 12.8 Å². The number of aliphatic hydroxyl groups is 1. The second-order valence-electron chi connectivity index (χ2n) is 5.18. The quantitative estimate of drug-likeness (QED) is 0.693. The molecular formula is C11H19NO. The summed E-state index contributed by atoms with van der Waals surface area (Å²) < 4.78 is 0. The van der Waals surface area contributed by atoms with Crippen molar-refractivity contribution in [1.29, 1.82) is 0 Å². The van der Waals surface area contributed by atoms with Crippen LogP contribution in [0.4, 0.5) is 0 Å². The first-order chi connectivity index (χ1) is 6.33. The molecule has 0 aromatic heterocycles. The first-order valence-electron chi connectivity index (χ1n) is 5.73.